The Bertz CT molecular complexity index is 1170. The average molecular weight is 415 g/mol. The molecule has 2 amide bonds. The maximum atomic E-state index is 13.7. The lowest BCUT2D eigenvalue weighted by molar-refractivity contribution is -0.116. The van der Waals surface area contributed by atoms with Crippen molar-refractivity contribution in [1.82, 2.24) is 4.57 Å². The summed E-state index contributed by atoms with van der Waals surface area (Å²) in [5, 5.41) is 4.75. The van der Waals surface area contributed by atoms with Gasteiger partial charge in [-0.15, -0.1) is 0 Å². The molecule has 0 spiro atoms. The number of aryl methyl sites for hydroxylation is 1. The van der Waals surface area contributed by atoms with Crippen LogP contribution in [0.5, 0.6) is 0 Å². The molecule has 0 saturated heterocycles. The Morgan fingerprint density at radius 3 is 2.30 bits per heavy atom. The first-order chi connectivity index (χ1) is 14.2. The minimum absolute atomic E-state index is 0.104. The van der Waals surface area contributed by atoms with Crippen molar-refractivity contribution in [1.29, 1.82) is 0 Å². The van der Waals surface area contributed by atoms with Gasteiger partial charge in [0.05, 0.1) is 5.69 Å². The normalized spacial score (nSPS) is 10.5. The number of pyridine rings is 1. The topological polar surface area (TPSA) is 80.2 Å². The second-order valence-electron chi connectivity index (χ2n) is 6.48. The van der Waals surface area contributed by atoms with Crippen molar-refractivity contribution < 1.29 is 22.8 Å². The van der Waals surface area contributed by atoms with Gasteiger partial charge in [-0.1, -0.05) is 6.07 Å². The summed E-state index contributed by atoms with van der Waals surface area (Å²) in [5.74, 6) is -5.73. The molecule has 2 N–H and O–H groups in total. The zero-order valence-electron chi connectivity index (χ0n) is 15.7. The van der Waals surface area contributed by atoms with E-state index >= 15 is 0 Å². The van der Waals surface area contributed by atoms with Gasteiger partial charge >= 0.3 is 0 Å². The molecule has 9 heteroatoms. The Labute approximate surface area is 169 Å². The molecule has 0 atom stereocenters. The van der Waals surface area contributed by atoms with Crippen LogP contribution in [0.2, 0.25) is 0 Å². The van der Waals surface area contributed by atoms with Crippen molar-refractivity contribution in [2.75, 3.05) is 10.6 Å². The molecular weight excluding hydrogens is 399 g/mol. The molecule has 30 heavy (non-hydrogen) atoms. The summed E-state index contributed by atoms with van der Waals surface area (Å²) >= 11 is 0. The summed E-state index contributed by atoms with van der Waals surface area (Å²) < 4.78 is 41.2. The summed E-state index contributed by atoms with van der Waals surface area (Å²) in [6.45, 7) is 1.61. The van der Waals surface area contributed by atoms with E-state index in [-0.39, 0.29) is 17.7 Å². The van der Waals surface area contributed by atoms with Crippen LogP contribution in [0.4, 0.5) is 24.5 Å². The van der Waals surface area contributed by atoms with Crippen LogP contribution < -0.4 is 16.2 Å². The first-order valence-corrected chi connectivity index (χ1v) is 8.76. The van der Waals surface area contributed by atoms with Gasteiger partial charge in [-0.05, 0) is 48.9 Å². The fourth-order valence-electron chi connectivity index (χ4n) is 2.65. The third-order valence-corrected chi connectivity index (χ3v) is 4.16. The molecule has 0 radical (unpaired) electrons. The Morgan fingerprint density at radius 1 is 0.900 bits per heavy atom. The minimum atomic E-state index is -1.68. The van der Waals surface area contributed by atoms with Crippen LogP contribution >= 0.6 is 0 Å². The number of carbonyl (C=O) groups excluding carboxylic acids is 2. The van der Waals surface area contributed by atoms with Crippen LogP contribution in [-0.2, 0) is 11.3 Å². The van der Waals surface area contributed by atoms with Crippen LogP contribution in [0.3, 0.4) is 0 Å². The third-order valence-electron chi connectivity index (χ3n) is 4.16. The lowest BCUT2D eigenvalue weighted by Crippen LogP contribution is -2.26. The predicted molar refractivity (Wildman–Crippen MR) is 105 cm³/mol. The molecule has 0 aliphatic carbocycles. The van der Waals surface area contributed by atoms with E-state index in [0.717, 1.165) is 11.6 Å². The Kier molecular flexibility index (Phi) is 6.01. The molecule has 0 bridgehead atoms. The van der Waals surface area contributed by atoms with Gasteiger partial charge in [-0.3, -0.25) is 14.4 Å². The second-order valence-corrected chi connectivity index (χ2v) is 6.48. The van der Waals surface area contributed by atoms with Crippen LogP contribution in [0.25, 0.3) is 0 Å². The lowest BCUT2D eigenvalue weighted by atomic mass is 10.2. The van der Waals surface area contributed by atoms with Crippen molar-refractivity contribution in [3.63, 3.8) is 0 Å². The first kappa shape index (κ1) is 20.8. The molecule has 3 aromatic rings. The Balaban J connectivity index is 1.65. The smallest absolute Gasteiger partial charge is 0.255 e. The van der Waals surface area contributed by atoms with E-state index in [4.69, 9.17) is 0 Å². The molecule has 0 unspecified atom stereocenters. The maximum Gasteiger partial charge on any atom is 0.255 e. The van der Waals surface area contributed by atoms with Crippen LogP contribution in [-0.4, -0.2) is 16.4 Å². The molecule has 0 aliphatic rings. The van der Waals surface area contributed by atoms with Crippen LogP contribution in [0.1, 0.15) is 15.9 Å². The van der Waals surface area contributed by atoms with E-state index in [2.05, 4.69) is 10.6 Å². The summed E-state index contributed by atoms with van der Waals surface area (Å²) in [7, 11) is 0. The molecule has 6 nitrogen and oxygen atoms in total. The van der Waals surface area contributed by atoms with Gasteiger partial charge in [-0.25, -0.2) is 13.2 Å². The molecular formula is C21H16F3N3O3. The number of anilines is 2. The van der Waals surface area contributed by atoms with E-state index in [9.17, 15) is 27.6 Å². The fraction of sp³-hybridized carbons (Fsp3) is 0.0952. The van der Waals surface area contributed by atoms with E-state index in [1.807, 2.05) is 0 Å². The monoisotopic (exact) mass is 415 g/mol. The van der Waals surface area contributed by atoms with Crippen LogP contribution in [0.15, 0.2) is 59.5 Å². The standard InChI is InChI=1S/C21H16F3N3O3/c1-12-2-9-18(29)27(10-12)11-17(28)25-14-5-3-13(4-6-14)21(30)26-16-8-7-15(22)19(23)20(16)24/h2-10H,11H2,1H3,(H,25,28)(H,26,30). The van der Waals surface area contributed by atoms with Crippen LogP contribution in [0, 0.1) is 24.4 Å². The quantitative estimate of drug-likeness (QED) is 0.627. The van der Waals surface area contributed by atoms with Crippen molar-refractivity contribution in [3.05, 3.63) is 93.7 Å². The van der Waals surface area contributed by atoms with Gasteiger partial charge in [-0.2, -0.15) is 0 Å². The molecule has 0 fully saturated rings. The molecule has 1 aromatic heterocycles. The van der Waals surface area contributed by atoms with E-state index < -0.39 is 35.0 Å². The summed E-state index contributed by atoms with van der Waals surface area (Å²) in [4.78, 5) is 36.1. The van der Waals surface area contributed by atoms with E-state index in [0.29, 0.717) is 11.8 Å². The molecule has 154 valence electrons. The number of benzene rings is 2. The van der Waals surface area contributed by atoms with Crippen molar-refractivity contribution in [2.45, 2.75) is 13.5 Å². The van der Waals surface area contributed by atoms with E-state index in [1.54, 1.807) is 19.2 Å². The van der Waals surface area contributed by atoms with Crippen molar-refractivity contribution >= 4 is 23.2 Å². The number of hydrogen-bond acceptors (Lipinski definition) is 3. The molecule has 1 heterocycles. The number of aromatic nitrogens is 1. The number of nitrogens with zero attached hydrogens (tertiary/aromatic N) is 1. The number of carbonyl (C=O) groups is 2. The summed E-state index contributed by atoms with van der Waals surface area (Å²) in [5.41, 5.74) is 0.491. The van der Waals surface area contributed by atoms with Gasteiger partial charge in [0.2, 0.25) is 5.91 Å². The molecule has 0 aliphatic heterocycles. The summed E-state index contributed by atoms with van der Waals surface area (Å²) in [6.07, 6.45) is 1.56. The predicted octanol–water partition coefficient (Wildman–Crippen LogP) is 3.47. The lowest BCUT2D eigenvalue weighted by Gasteiger charge is -2.10. The van der Waals surface area contributed by atoms with Gasteiger partial charge in [0, 0.05) is 23.5 Å². The molecule has 0 saturated carbocycles. The van der Waals surface area contributed by atoms with Gasteiger partial charge in [0.25, 0.3) is 11.5 Å². The highest BCUT2D eigenvalue weighted by molar-refractivity contribution is 6.04. The summed E-state index contributed by atoms with van der Waals surface area (Å²) in [6, 6.07) is 10.2. The number of nitrogens with one attached hydrogen (secondary N) is 2. The first-order valence-electron chi connectivity index (χ1n) is 8.76. The Morgan fingerprint density at radius 2 is 1.60 bits per heavy atom. The molecule has 2 aromatic carbocycles. The highest BCUT2D eigenvalue weighted by Gasteiger charge is 2.16. The van der Waals surface area contributed by atoms with Gasteiger partial charge in [0.15, 0.2) is 17.5 Å². The van der Waals surface area contributed by atoms with Crippen molar-refractivity contribution in [3.8, 4) is 0 Å². The highest BCUT2D eigenvalue weighted by Crippen LogP contribution is 2.20. The third kappa shape index (κ3) is 4.75. The number of amides is 2. The van der Waals surface area contributed by atoms with Crippen molar-refractivity contribution in [2.24, 2.45) is 0 Å². The fourth-order valence-corrected chi connectivity index (χ4v) is 2.65. The zero-order valence-corrected chi connectivity index (χ0v) is 15.7. The Hall–Kier alpha value is -3.88. The minimum Gasteiger partial charge on any atom is -0.325 e. The van der Waals surface area contributed by atoms with Gasteiger partial charge in [0.1, 0.15) is 6.54 Å². The average Bonchev–Trinajstić information content (AvgIpc) is 2.71. The number of hydrogen-bond donors (Lipinski definition) is 2. The highest BCUT2D eigenvalue weighted by atomic mass is 19.2. The maximum absolute atomic E-state index is 13.7. The van der Waals surface area contributed by atoms with E-state index in [1.165, 1.54) is 34.9 Å². The zero-order chi connectivity index (χ0) is 21.8. The molecule has 3 rings (SSSR count). The largest absolute Gasteiger partial charge is 0.325 e. The van der Waals surface area contributed by atoms with Gasteiger partial charge < -0.3 is 15.2 Å². The SMILES string of the molecule is Cc1ccc(=O)n(CC(=O)Nc2ccc(C(=O)Nc3ccc(F)c(F)c3F)cc2)c1. The number of halogens is 3. The number of rotatable bonds is 5. The second kappa shape index (κ2) is 8.64.